The molecule has 0 aliphatic heterocycles. The number of hydrogen-bond donors (Lipinski definition) is 1. The Morgan fingerprint density at radius 3 is 2.82 bits per heavy atom. The topological polar surface area (TPSA) is 42.7 Å². The maximum atomic E-state index is 4.16. The lowest BCUT2D eigenvalue weighted by molar-refractivity contribution is 0.345. The van der Waals surface area contributed by atoms with Gasteiger partial charge in [0.1, 0.15) is 0 Å². The van der Waals surface area contributed by atoms with Crippen molar-refractivity contribution >= 4 is 0 Å². The first kappa shape index (κ1) is 12.6. The fourth-order valence-electron chi connectivity index (χ4n) is 2.94. The highest BCUT2D eigenvalue weighted by Gasteiger charge is 2.24. The third-order valence-electron chi connectivity index (χ3n) is 3.80. The molecule has 0 spiro atoms. The summed E-state index contributed by atoms with van der Waals surface area (Å²) in [5, 5.41) is 11.8. The molecule has 0 saturated heterocycles. The number of aromatic nitrogens is 3. The van der Waals surface area contributed by atoms with E-state index in [1.165, 1.54) is 32.1 Å². The lowest BCUT2D eigenvalue weighted by Gasteiger charge is -2.23. The van der Waals surface area contributed by atoms with Crippen molar-refractivity contribution in [3.63, 3.8) is 0 Å². The van der Waals surface area contributed by atoms with E-state index >= 15 is 0 Å². The van der Waals surface area contributed by atoms with Crippen molar-refractivity contribution in [2.24, 2.45) is 13.0 Å². The third kappa shape index (κ3) is 3.53. The van der Waals surface area contributed by atoms with Gasteiger partial charge in [-0.1, -0.05) is 25.0 Å². The highest BCUT2D eigenvalue weighted by molar-refractivity contribution is 4.94. The van der Waals surface area contributed by atoms with Gasteiger partial charge in [-0.05, 0) is 38.1 Å². The summed E-state index contributed by atoms with van der Waals surface area (Å²) < 4.78 is 1.78. The summed E-state index contributed by atoms with van der Waals surface area (Å²) in [5.41, 5.74) is 1.12. The summed E-state index contributed by atoms with van der Waals surface area (Å²) in [4.78, 5) is 0. The molecule has 17 heavy (non-hydrogen) atoms. The molecule has 1 saturated carbocycles. The van der Waals surface area contributed by atoms with Gasteiger partial charge in [0.25, 0.3) is 0 Å². The van der Waals surface area contributed by atoms with E-state index < -0.39 is 0 Å². The van der Waals surface area contributed by atoms with Gasteiger partial charge >= 0.3 is 0 Å². The average molecular weight is 236 g/mol. The molecule has 4 nitrogen and oxygen atoms in total. The van der Waals surface area contributed by atoms with Crippen molar-refractivity contribution in [3.8, 4) is 0 Å². The Morgan fingerprint density at radius 2 is 2.24 bits per heavy atom. The van der Waals surface area contributed by atoms with Crippen molar-refractivity contribution in [3.05, 3.63) is 11.9 Å². The second-order valence-corrected chi connectivity index (χ2v) is 5.13. The highest BCUT2D eigenvalue weighted by Crippen LogP contribution is 2.29. The van der Waals surface area contributed by atoms with Crippen LogP contribution in [0.15, 0.2) is 6.20 Å². The third-order valence-corrected chi connectivity index (χ3v) is 3.80. The molecule has 1 aliphatic rings. The smallest absolute Gasteiger partial charge is 0.0827 e. The molecule has 1 fully saturated rings. The number of hydrogen-bond acceptors (Lipinski definition) is 3. The Kier molecular flexibility index (Phi) is 4.54. The molecular weight excluding hydrogens is 212 g/mol. The van der Waals surface area contributed by atoms with E-state index in [0.29, 0.717) is 6.04 Å². The molecule has 1 aliphatic carbocycles. The van der Waals surface area contributed by atoms with Gasteiger partial charge in [0.15, 0.2) is 0 Å². The molecular formula is C13H24N4. The first-order valence-electron chi connectivity index (χ1n) is 6.88. The molecule has 2 rings (SSSR count). The number of rotatable bonds is 6. The van der Waals surface area contributed by atoms with Gasteiger partial charge in [-0.2, -0.15) is 0 Å². The summed E-state index contributed by atoms with van der Waals surface area (Å²) >= 11 is 0. The molecule has 96 valence electrons. The van der Waals surface area contributed by atoms with Crippen LogP contribution in [0.5, 0.6) is 0 Å². The Labute approximate surface area is 104 Å². The van der Waals surface area contributed by atoms with Crippen LogP contribution in [-0.4, -0.2) is 27.6 Å². The Hall–Kier alpha value is -0.900. The number of nitrogens with zero attached hydrogens (tertiary/aromatic N) is 3. The van der Waals surface area contributed by atoms with Crippen LogP contribution in [0.4, 0.5) is 0 Å². The lowest BCUT2D eigenvalue weighted by atomic mass is 9.93. The monoisotopic (exact) mass is 236 g/mol. The molecule has 1 atom stereocenters. The van der Waals surface area contributed by atoms with Crippen LogP contribution in [0.3, 0.4) is 0 Å². The molecule has 1 aromatic rings. The second-order valence-electron chi connectivity index (χ2n) is 5.13. The van der Waals surface area contributed by atoms with E-state index in [-0.39, 0.29) is 0 Å². The Morgan fingerprint density at radius 1 is 1.47 bits per heavy atom. The van der Waals surface area contributed by atoms with Crippen molar-refractivity contribution in [2.75, 3.05) is 6.54 Å². The van der Waals surface area contributed by atoms with Gasteiger partial charge in [-0.25, -0.2) is 0 Å². The van der Waals surface area contributed by atoms with Crippen molar-refractivity contribution in [1.82, 2.24) is 20.3 Å². The van der Waals surface area contributed by atoms with E-state index in [0.717, 1.165) is 24.6 Å². The fourth-order valence-corrected chi connectivity index (χ4v) is 2.94. The van der Waals surface area contributed by atoms with Crippen LogP contribution in [0.2, 0.25) is 0 Å². The first-order valence-corrected chi connectivity index (χ1v) is 6.88. The van der Waals surface area contributed by atoms with Gasteiger partial charge in [0.2, 0.25) is 0 Å². The summed E-state index contributed by atoms with van der Waals surface area (Å²) in [6, 6.07) is 0.671. The molecule has 1 unspecified atom stereocenters. The Balaban J connectivity index is 1.84. The van der Waals surface area contributed by atoms with Gasteiger partial charge in [0.05, 0.1) is 5.69 Å². The molecule has 0 radical (unpaired) electrons. The van der Waals surface area contributed by atoms with E-state index in [1.807, 2.05) is 13.2 Å². The SMILES string of the molecule is CCNC(CCc1cn(C)nn1)C1CCCC1. The van der Waals surface area contributed by atoms with Crippen LogP contribution in [0, 0.1) is 5.92 Å². The fraction of sp³-hybridized carbons (Fsp3) is 0.846. The molecule has 1 aromatic heterocycles. The standard InChI is InChI=1S/C13H24N4/c1-3-14-13(11-6-4-5-7-11)9-8-12-10-17(2)16-15-12/h10-11,13-14H,3-9H2,1-2H3. The normalized spacial score (nSPS) is 18.7. The predicted molar refractivity (Wildman–Crippen MR) is 68.7 cm³/mol. The highest BCUT2D eigenvalue weighted by atomic mass is 15.4. The van der Waals surface area contributed by atoms with Crippen LogP contribution in [0.25, 0.3) is 0 Å². The molecule has 1 N–H and O–H groups in total. The summed E-state index contributed by atoms with van der Waals surface area (Å²) in [6.07, 6.45) is 9.89. The molecule has 0 amide bonds. The largest absolute Gasteiger partial charge is 0.314 e. The quantitative estimate of drug-likeness (QED) is 0.820. The summed E-state index contributed by atoms with van der Waals surface area (Å²) in [5.74, 6) is 0.881. The van der Waals surface area contributed by atoms with E-state index in [1.54, 1.807) is 4.68 Å². The van der Waals surface area contributed by atoms with Crippen molar-refractivity contribution in [1.29, 1.82) is 0 Å². The van der Waals surface area contributed by atoms with Gasteiger partial charge in [0, 0.05) is 19.3 Å². The average Bonchev–Trinajstić information content (AvgIpc) is 2.95. The van der Waals surface area contributed by atoms with Crippen molar-refractivity contribution < 1.29 is 0 Å². The maximum Gasteiger partial charge on any atom is 0.0827 e. The number of aryl methyl sites for hydroxylation is 2. The van der Waals surface area contributed by atoms with Gasteiger partial charge < -0.3 is 5.32 Å². The summed E-state index contributed by atoms with van der Waals surface area (Å²) in [6.45, 7) is 3.27. The van der Waals surface area contributed by atoms with Crippen LogP contribution >= 0.6 is 0 Å². The minimum absolute atomic E-state index is 0.671. The molecule has 0 bridgehead atoms. The first-order chi connectivity index (χ1) is 8.29. The minimum atomic E-state index is 0.671. The molecule has 1 heterocycles. The van der Waals surface area contributed by atoms with Crippen LogP contribution in [0.1, 0.15) is 44.7 Å². The zero-order valence-corrected chi connectivity index (χ0v) is 11.0. The van der Waals surface area contributed by atoms with Crippen molar-refractivity contribution in [2.45, 2.75) is 51.5 Å². The second kappa shape index (κ2) is 6.15. The number of nitrogens with one attached hydrogen (secondary N) is 1. The zero-order valence-electron chi connectivity index (χ0n) is 11.0. The molecule has 0 aromatic carbocycles. The van der Waals surface area contributed by atoms with E-state index in [2.05, 4.69) is 22.6 Å². The minimum Gasteiger partial charge on any atom is -0.314 e. The van der Waals surface area contributed by atoms with Gasteiger partial charge in [-0.3, -0.25) is 4.68 Å². The zero-order chi connectivity index (χ0) is 12.1. The Bertz CT molecular complexity index is 328. The van der Waals surface area contributed by atoms with Crippen LogP contribution < -0.4 is 5.32 Å². The lowest BCUT2D eigenvalue weighted by Crippen LogP contribution is -2.35. The van der Waals surface area contributed by atoms with Crippen LogP contribution in [-0.2, 0) is 13.5 Å². The molecule has 4 heteroatoms. The van der Waals surface area contributed by atoms with Gasteiger partial charge in [-0.15, -0.1) is 5.10 Å². The van der Waals surface area contributed by atoms with E-state index in [4.69, 9.17) is 0 Å². The van der Waals surface area contributed by atoms with E-state index in [9.17, 15) is 0 Å². The summed E-state index contributed by atoms with van der Waals surface area (Å²) in [7, 11) is 1.93. The maximum absolute atomic E-state index is 4.16. The predicted octanol–water partition coefficient (Wildman–Crippen LogP) is 1.92.